The zero-order valence-corrected chi connectivity index (χ0v) is 14.5. The van der Waals surface area contributed by atoms with Crippen LogP contribution in [0.3, 0.4) is 0 Å². The lowest BCUT2D eigenvalue weighted by atomic mass is 10.4. The van der Waals surface area contributed by atoms with Crippen molar-refractivity contribution in [1.29, 1.82) is 0 Å². The van der Waals surface area contributed by atoms with Gasteiger partial charge in [0, 0.05) is 33.8 Å². The summed E-state index contributed by atoms with van der Waals surface area (Å²) < 4.78 is 13.8. The van der Waals surface area contributed by atoms with Crippen molar-refractivity contribution in [3.8, 4) is 0 Å². The number of hydrogen-bond acceptors (Lipinski definition) is 8. The van der Waals surface area contributed by atoms with Crippen LogP contribution in [0, 0.1) is 0 Å². The van der Waals surface area contributed by atoms with Gasteiger partial charge in [-0.3, -0.25) is 0 Å². The van der Waals surface area contributed by atoms with E-state index in [1.54, 1.807) is 6.92 Å². The van der Waals surface area contributed by atoms with Gasteiger partial charge >= 0.3 is 11.9 Å². The van der Waals surface area contributed by atoms with Gasteiger partial charge in [0.15, 0.2) is 11.4 Å². The van der Waals surface area contributed by atoms with E-state index in [1.165, 1.54) is 37.2 Å². The molecule has 0 bridgehead atoms. The molecule has 12 heteroatoms. The van der Waals surface area contributed by atoms with E-state index in [0.717, 1.165) is 0 Å². The summed E-state index contributed by atoms with van der Waals surface area (Å²) in [5.41, 5.74) is 0.312. The van der Waals surface area contributed by atoms with Gasteiger partial charge in [0.05, 0.1) is 6.61 Å². The molecule has 2 heterocycles. The Balaban J connectivity index is 0.000000367. The molecule has 2 aromatic rings. The molecule has 0 unspecified atom stereocenters. The van der Waals surface area contributed by atoms with E-state index in [4.69, 9.17) is 14.1 Å². The van der Waals surface area contributed by atoms with Gasteiger partial charge in [-0.15, -0.1) is 0 Å². The predicted octanol–water partition coefficient (Wildman–Crippen LogP) is 1.87. The molecule has 0 aromatic carbocycles. The van der Waals surface area contributed by atoms with Crippen LogP contribution in [0.25, 0.3) is 0 Å². The number of hydrogen-bond donors (Lipinski definition) is 1. The molecular formula is C12H12Cl2N4O5S. The molecule has 130 valence electrons. The minimum Gasteiger partial charge on any atom is -0.477 e. The van der Waals surface area contributed by atoms with Crippen molar-refractivity contribution >= 4 is 42.5 Å². The van der Waals surface area contributed by atoms with Crippen molar-refractivity contribution in [2.45, 2.75) is 6.92 Å². The second-order valence-corrected chi connectivity index (χ2v) is 5.92. The summed E-state index contributed by atoms with van der Waals surface area (Å²) in [5, 5.41) is 8.29. The Hall–Kier alpha value is -2.17. The van der Waals surface area contributed by atoms with Crippen molar-refractivity contribution in [3.63, 3.8) is 0 Å². The summed E-state index contributed by atoms with van der Waals surface area (Å²) in [6.45, 7) is 2.11. The molecule has 0 spiro atoms. The summed E-state index contributed by atoms with van der Waals surface area (Å²) >= 11 is 0. The highest BCUT2D eigenvalue weighted by atomic mass is 36.0. The molecule has 0 saturated heterocycles. The molecule has 0 radical (unpaired) electrons. The van der Waals surface area contributed by atoms with Crippen LogP contribution >= 0.6 is 21.4 Å². The fourth-order valence-electron chi connectivity index (χ4n) is 1.03. The smallest absolute Gasteiger partial charge is 0.357 e. The molecule has 0 atom stereocenters. The number of halogens is 2. The van der Waals surface area contributed by atoms with E-state index >= 15 is 0 Å². The van der Waals surface area contributed by atoms with E-state index in [0.29, 0.717) is 12.3 Å². The van der Waals surface area contributed by atoms with Crippen molar-refractivity contribution in [2.24, 2.45) is 0 Å². The minimum atomic E-state index is -1.67. The zero-order chi connectivity index (χ0) is 18.4. The van der Waals surface area contributed by atoms with E-state index in [1.807, 2.05) is 0 Å². The van der Waals surface area contributed by atoms with Crippen LogP contribution in [-0.2, 0) is 14.0 Å². The number of aromatic nitrogens is 4. The van der Waals surface area contributed by atoms with Gasteiger partial charge < -0.3 is 9.84 Å². The van der Waals surface area contributed by atoms with Gasteiger partial charge in [0.25, 0.3) is 0 Å². The SMILES string of the molecule is CCOC(=O)c1ccncn1.O=C(O)c1ccncn1.O=S(Cl)Cl. The van der Waals surface area contributed by atoms with Crippen LogP contribution in [0.5, 0.6) is 0 Å². The summed E-state index contributed by atoms with van der Waals surface area (Å²) in [7, 11) is 7.36. The van der Waals surface area contributed by atoms with Gasteiger partial charge in [0.2, 0.25) is 9.23 Å². The molecule has 0 amide bonds. The molecule has 0 aliphatic carbocycles. The largest absolute Gasteiger partial charge is 0.477 e. The Kier molecular flexibility index (Phi) is 12.1. The Bertz CT molecular complexity index is 644. The quantitative estimate of drug-likeness (QED) is 0.611. The fraction of sp³-hybridized carbons (Fsp3) is 0.167. The van der Waals surface area contributed by atoms with Crippen molar-refractivity contribution < 1.29 is 23.6 Å². The first kappa shape index (κ1) is 21.8. The maximum Gasteiger partial charge on any atom is 0.357 e. The number of carbonyl (C=O) groups excluding carboxylic acids is 1. The molecular weight excluding hydrogens is 383 g/mol. The molecule has 1 N–H and O–H groups in total. The van der Waals surface area contributed by atoms with Gasteiger partial charge in [-0.1, -0.05) is 0 Å². The van der Waals surface area contributed by atoms with Gasteiger partial charge in [-0.05, 0) is 19.1 Å². The highest BCUT2D eigenvalue weighted by molar-refractivity contribution is 8.26. The minimum absolute atomic E-state index is 0.0185. The molecule has 0 aliphatic heterocycles. The van der Waals surface area contributed by atoms with Crippen molar-refractivity contribution in [3.05, 3.63) is 48.6 Å². The number of esters is 1. The lowest BCUT2D eigenvalue weighted by Crippen LogP contribution is -2.06. The van der Waals surface area contributed by atoms with Crippen molar-refractivity contribution in [1.82, 2.24) is 19.9 Å². The molecule has 2 rings (SSSR count). The molecule has 2 aromatic heterocycles. The van der Waals surface area contributed by atoms with E-state index < -0.39 is 21.2 Å². The highest BCUT2D eigenvalue weighted by Gasteiger charge is 2.05. The first-order valence-corrected chi connectivity index (χ1v) is 8.85. The molecule has 24 heavy (non-hydrogen) atoms. The Labute approximate surface area is 148 Å². The van der Waals surface area contributed by atoms with E-state index in [9.17, 15) is 9.59 Å². The number of ether oxygens (including phenoxy) is 1. The normalized spacial score (nSPS) is 9.00. The van der Waals surface area contributed by atoms with Crippen LogP contribution < -0.4 is 0 Å². The first-order chi connectivity index (χ1) is 11.4. The third-order valence-corrected chi connectivity index (χ3v) is 1.87. The number of carbonyl (C=O) groups is 2. The Morgan fingerprint density at radius 2 is 1.58 bits per heavy atom. The monoisotopic (exact) mass is 394 g/mol. The topological polar surface area (TPSA) is 132 Å². The van der Waals surface area contributed by atoms with E-state index in [-0.39, 0.29) is 5.69 Å². The Morgan fingerprint density at radius 1 is 1.12 bits per heavy atom. The standard InChI is InChI=1S/C7H8N2O2.C5H4N2O2.Cl2OS/c1-2-11-7(10)6-3-4-8-5-9-6;8-5(9)4-1-2-6-3-7-4;1-4(2)3/h3-5H,2H2,1H3;1-3H,(H,8,9);. The second kappa shape index (κ2) is 13.3. The predicted molar refractivity (Wildman–Crippen MR) is 86.8 cm³/mol. The zero-order valence-electron chi connectivity index (χ0n) is 12.2. The van der Waals surface area contributed by atoms with Crippen LogP contribution in [0.15, 0.2) is 37.2 Å². The average molecular weight is 395 g/mol. The van der Waals surface area contributed by atoms with E-state index in [2.05, 4.69) is 41.3 Å². The van der Waals surface area contributed by atoms with Crippen molar-refractivity contribution in [2.75, 3.05) is 6.61 Å². The number of carboxylic acids is 1. The summed E-state index contributed by atoms with van der Waals surface area (Å²) in [5.74, 6) is -1.44. The lowest BCUT2D eigenvalue weighted by molar-refractivity contribution is 0.0518. The number of carboxylic acid groups (broad SMARTS) is 1. The fourth-order valence-corrected chi connectivity index (χ4v) is 1.03. The first-order valence-electron chi connectivity index (χ1n) is 6.05. The number of aromatic carboxylic acids is 1. The third kappa shape index (κ3) is 11.4. The van der Waals surface area contributed by atoms with Gasteiger partial charge in [-0.2, -0.15) is 0 Å². The van der Waals surface area contributed by atoms with Gasteiger partial charge in [-0.25, -0.2) is 33.7 Å². The van der Waals surface area contributed by atoms with Crippen LogP contribution in [0.1, 0.15) is 27.9 Å². The maximum absolute atomic E-state index is 10.9. The van der Waals surface area contributed by atoms with Crippen LogP contribution in [0.2, 0.25) is 0 Å². The number of rotatable bonds is 3. The van der Waals surface area contributed by atoms with Crippen LogP contribution in [0.4, 0.5) is 0 Å². The maximum atomic E-state index is 10.9. The second-order valence-electron chi connectivity index (χ2n) is 3.40. The van der Waals surface area contributed by atoms with Gasteiger partial charge in [0.1, 0.15) is 12.7 Å². The highest BCUT2D eigenvalue weighted by Crippen LogP contribution is 1.93. The Morgan fingerprint density at radius 3 is 1.88 bits per heavy atom. The molecule has 0 aliphatic rings. The summed E-state index contributed by atoms with van der Waals surface area (Å²) in [6.07, 6.45) is 5.39. The molecule has 0 saturated carbocycles. The third-order valence-electron chi connectivity index (χ3n) is 1.87. The lowest BCUT2D eigenvalue weighted by Gasteiger charge is -1.97. The summed E-state index contributed by atoms with van der Waals surface area (Å²) in [6, 6.07) is 2.85. The summed E-state index contributed by atoms with van der Waals surface area (Å²) in [4.78, 5) is 35.4. The molecule has 9 nitrogen and oxygen atoms in total. The average Bonchev–Trinajstić information content (AvgIpc) is 2.57. The number of nitrogens with zero attached hydrogens (tertiary/aromatic N) is 4. The van der Waals surface area contributed by atoms with Crippen LogP contribution in [-0.4, -0.2) is 47.8 Å². The molecule has 0 fully saturated rings.